The summed E-state index contributed by atoms with van der Waals surface area (Å²) in [7, 11) is 1.38. The van der Waals surface area contributed by atoms with E-state index >= 15 is 0 Å². The molecule has 1 amide bonds. The van der Waals surface area contributed by atoms with E-state index in [1.807, 2.05) is 25.3 Å². The second-order valence-corrected chi connectivity index (χ2v) is 8.10. The number of hydrogen-bond acceptors (Lipinski definition) is 6. The van der Waals surface area contributed by atoms with Crippen LogP contribution in [0.4, 0.5) is 4.39 Å². The fourth-order valence-corrected chi connectivity index (χ4v) is 4.26. The van der Waals surface area contributed by atoms with Crippen molar-refractivity contribution in [3.63, 3.8) is 0 Å². The average molecular weight is 434 g/mol. The first-order valence-corrected chi connectivity index (χ1v) is 10.5. The Morgan fingerprint density at radius 1 is 1.30 bits per heavy atom. The number of rotatable bonds is 8. The molecule has 1 fully saturated rings. The summed E-state index contributed by atoms with van der Waals surface area (Å²) in [6.07, 6.45) is 0.602. The summed E-state index contributed by atoms with van der Waals surface area (Å²) in [4.78, 5) is 27.9. The molecule has 1 unspecified atom stereocenters. The number of likely N-dealkylation sites (tertiary alicyclic amines) is 1. The Labute approximate surface area is 178 Å². The first kappa shape index (κ1) is 22.0. The quantitative estimate of drug-likeness (QED) is 0.293. The van der Waals surface area contributed by atoms with Crippen molar-refractivity contribution < 1.29 is 28.6 Å². The predicted molar refractivity (Wildman–Crippen MR) is 112 cm³/mol. The Balaban J connectivity index is 2.04. The summed E-state index contributed by atoms with van der Waals surface area (Å²) in [5.74, 6) is -2.35. The molecular weight excluding hydrogens is 409 g/mol. The number of hydrogen-bond donors (Lipinski definition) is 1. The van der Waals surface area contributed by atoms with Gasteiger partial charge in [0.2, 0.25) is 0 Å². The SMILES string of the molecule is COc1ccc(F)cc1/C(O)=C1/C(=O)C(=O)N(CCCOC(C)C)C1c1cccs1. The van der Waals surface area contributed by atoms with E-state index < -0.39 is 29.3 Å². The van der Waals surface area contributed by atoms with Crippen LogP contribution in [-0.2, 0) is 14.3 Å². The number of benzene rings is 1. The maximum atomic E-state index is 13.9. The van der Waals surface area contributed by atoms with Crippen LogP contribution in [0.3, 0.4) is 0 Å². The van der Waals surface area contributed by atoms with E-state index in [0.717, 1.165) is 10.9 Å². The number of aliphatic hydroxyl groups is 1. The zero-order valence-electron chi connectivity index (χ0n) is 17.1. The maximum Gasteiger partial charge on any atom is 0.295 e. The van der Waals surface area contributed by atoms with Crippen LogP contribution in [0.5, 0.6) is 5.75 Å². The van der Waals surface area contributed by atoms with Crippen molar-refractivity contribution in [3.8, 4) is 5.75 Å². The summed E-state index contributed by atoms with van der Waals surface area (Å²) in [5, 5.41) is 12.8. The second kappa shape index (κ2) is 9.40. The Kier molecular flexibility index (Phi) is 6.89. The number of carbonyl (C=O) groups excluding carboxylic acids is 2. The van der Waals surface area contributed by atoms with E-state index in [9.17, 15) is 19.1 Å². The maximum absolute atomic E-state index is 13.9. The van der Waals surface area contributed by atoms with E-state index in [0.29, 0.717) is 13.0 Å². The number of ketones is 1. The highest BCUT2D eigenvalue weighted by Crippen LogP contribution is 2.42. The van der Waals surface area contributed by atoms with Crippen LogP contribution in [-0.4, -0.2) is 48.1 Å². The van der Waals surface area contributed by atoms with E-state index in [1.54, 1.807) is 6.07 Å². The summed E-state index contributed by atoms with van der Waals surface area (Å²) < 4.78 is 24.6. The molecule has 0 bridgehead atoms. The number of thiophene rings is 1. The van der Waals surface area contributed by atoms with Crippen LogP contribution in [0.2, 0.25) is 0 Å². The van der Waals surface area contributed by atoms with Crippen LogP contribution in [0.25, 0.3) is 5.76 Å². The molecule has 0 saturated carbocycles. The van der Waals surface area contributed by atoms with Crippen LogP contribution < -0.4 is 4.74 Å². The van der Waals surface area contributed by atoms with E-state index in [4.69, 9.17) is 9.47 Å². The smallest absolute Gasteiger partial charge is 0.295 e. The molecular formula is C22H24FNO5S. The van der Waals surface area contributed by atoms with Crippen molar-refractivity contribution in [2.45, 2.75) is 32.4 Å². The highest BCUT2D eigenvalue weighted by molar-refractivity contribution is 7.10. The third-order valence-corrected chi connectivity index (χ3v) is 5.69. The first-order chi connectivity index (χ1) is 14.3. The molecule has 2 heterocycles. The van der Waals surface area contributed by atoms with Crippen molar-refractivity contribution >= 4 is 28.8 Å². The average Bonchev–Trinajstić information content (AvgIpc) is 3.32. The minimum atomic E-state index is -0.804. The fourth-order valence-electron chi connectivity index (χ4n) is 3.42. The first-order valence-electron chi connectivity index (χ1n) is 9.62. The molecule has 1 aromatic heterocycles. The Morgan fingerprint density at radius 2 is 2.07 bits per heavy atom. The molecule has 30 heavy (non-hydrogen) atoms. The highest BCUT2D eigenvalue weighted by Gasteiger charge is 2.46. The van der Waals surface area contributed by atoms with Gasteiger partial charge in [0.15, 0.2) is 0 Å². The summed E-state index contributed by atoms with van der Waals surface area (Å²) in [5.41, 5.74) is -0.0451. The standard InChI is InChI=1S/C22H24FNO5S/c1-13(2)29-10-5-9-24-19(17-6-4-11-30-17)18(21(26)22(24)27)20(25)15-12-14(23)7-8-16(15)28-3/h4,6-8,11-13,19,25H,5,9-10H2,1-3H3/b20-18-. The Hall–Kier alpha value is -2.71. The minimum absolute atomic E-state index is 0.0280. The van der Waals surface area contributed by atoms with Gasteiger partial charge in [0.1, 0.15) is 17.3 Å². The van der Waals surface area contributed by atoms with Gasteiger partial charge in [0.25, 0.3) is 11.7 Å². The van der Waals surface area contributed by atoms with Gasteiger partial charge in [-0.2, -0.15) is 0 Å². The zero-order chi connectivity index (χ0) is 21.8. The lowest BCUT2D eigenvalue weighted by Crippen LogP contribution is -2.31. The molecule has 0 aliphatic carbocycles. The number of Topliss-reactive ketones (excluding diaryl/α,β-unsaturated/α-hetero) is 1. The molecule has 2 aromatic rings. The number of halogens is 1. The number of amides is 1. The summed E-state index contributed by atoms with van der Waals surface area (Å²) in [6, 6.07) is 6.50. The predicted octanol–water partition coefficient (Wildman–Crippen LogP) is 4.13. The molecule has 160 valence electrons. The van der Waals surface area contributed by atoms with Gasteiger partial charge in [-0.05, 0) is 49.9 Å². The molecule has 1 atom stereocenters. The molecule has 0 radical (unpaired) electrons. The molecule has 0 spiro atoms. The van der Waals surface area contributed by atoms with Gasteiger partial charge in [-0.15, -0.1) is 11.3 Å². The lowest BCUT2D eigenvalue weighted by atomic mass is 9.99. The number of methoxy groups -OCH3 is 1. The van der Waals surface area contributed by atoms with Gasteiger partial charge < -0.3 is 19.5 Å². The Morgan fingerprint density at radius 3 is 2.70 bits per heavy atom. The van der Waals surface area contributed by atoms with Gasteiger partial charge in [-0.1, -0.05) is 6.07 Å². The molecule has 1 aromatic carbocycles. The molecule has 1 N–H and O–H groups in total. The molecule has 8 heteroatoms. The number of carbonyl (C=O) groups is 2. The zero-order valence-corrected chi connectivity index (χ0v) is 17.9. The van der Waals surface area contributed by atoms with Crippen LogP contribution in [0, 0.1) is 5.82 Å². The topological polar surface area (TPSA) is 76.1 Å². The molecule has 3 rings (SSSR count). The third kappa shape index (κ3) is 4.39. The number of ether oxygens (including phenoxy) is 2. The Bertz CT molecular complexity index is 954. The molecule has 1 aliphatic heterocycles. The summed E-state index contributed by atoms with van der Waals surface area (Å²) in [6.45, 7) is 4.57. The normalized spacial score (nSPS) is 18.4. The van der Waals surface area contributed by atoms with Crippen LogP contribution in [0.15, 0.2) is 41.3 Å². The molecule has 1 aliphatic rings. The van der Waals surface area contributed by atoms with Gasteiger partial charge in [0.05, 0.1) is 30.4 Å². The summed E-state index contributed by atoms with van der Waals surface area (Å²) >= 11 is 1.37. The van der Waals surface area contributed by atoms with Gasteiger partial charge in [-0.25, -0.2) is 4.39 Å². The van der Waals surface area contributed by atoms with Crippen molar-refractivity contribution in [1.29, 1.82) is 0 Å². The number of aliphatic hydroxyl groups excluding tert-OH is 1. The van der Waals surface area contributed by atoms with Crippen molar-refractivity contribution in [1.82, 2.24) is 4.90 Å². The van der Waals surface area contributed by atoms with Gasteiger partial charge >= 0.3 is 0 Å². The van der Waals surface area contributed by atoms with E-state index in [-0.39, 0.29) is 29.5 Å². The monoisotopic (exact) mass is 433 g/mol. The van der Waals surface area contributed by atoms with Gasteiger partial charge in [-0.3, -0.25) is 9.59 Å². The largest absolute Gasteiger partial charge is 0.507 e. The van der Waals surface area contributed by atoms with Crippen LogP contribution in [0.1, 0.15) is 36.8 Å². The van der Waals surface area contributed by atoms with Gasteiger partial charge in [0, 0.05) is 18.0 Å². The van der Waals surface area contributed by atoms with Crippen molar-refractivity contribution in [3.05, 3.63) is 57.5 Å². The minimum Gasteiger partial charge on any atom is -0.507 e. The van der Waals surface area contributed by atoms with Crippen LogP contribution >= 0.6 is 11.3 Å². The highest BCUT2D eigenvalue weighted by atomic mass is 32.1. The molecule has 6 nitrogen and oxygen atoms in total. The van der Waals surface area contributed by atoms with E-state index in [1.165, 1.54) is 35.5 Å². The van der Waals surface area contributed by atoms with Crippen molar-refractivity contribution in [2.75, 3.05) is 20.3 Å². The van der Waals surface area contributed by atoms with E-state index in [2.05, 4.69) is 0 Å². The fraction of sp³-hybridized carbons (Fsp3) is 0.364. The lowest BCUT2D eigenvalue weighted by Gasteiger charge is -2.24. The third-order valence-electron chi connectivity index (χ3n) is 4.76. The second-order valence-electron chi connectivity index (χ2n) is 7.13. The molecule has 1 saturated heterocycles. The van der Waals surface area contributed by atoms with Crippen molar-refractivity contribution in [2.24, 2.45) is 0 Å². The lowest BCUT2D eigenvalue weighted by molar-refractivity contribution is -0.140. The number of nitrogens with zero attached hydrogens (tertiary/aromatic N) is 1.